The zero-order valence-electron chi connectivity index (χ0n) is 43.1. The molecule has 1 aromatic carbocycles. The van der Waals surface area contributed by atoms with Gasteiger partial charge in [-0.25, -0.2) is 9.59 Å². The predicted octanol–water partition coefficient (Wildman–Crippen LogP) is 15.1. The Morgan fingerprint density at radius 2 is 0.902 bits per heavy atom. The fraction of sp³-hybridized carbons (Fsp3) is 0.717. The average Bonchev–Trinajstić information content (AvgIpc) is 3.31. The molecule has 0 radical (unpaired) electrons. The van der Waals surface area contributed by atoms with Crippen molar-refractivity contribution in [3.8, 4) is 5.75 Å². The van der Waals surface area contributed by atoms with Crippen LogP contribution in [0.2, 0.25) is 17.1 Å². The van der Waals surface area contributed by atoms with Crippen LogP contribution < -0.4 is 4.74 Å². The normalized spacial score (nSPS) is 21.2. The number of carbonyl (C=O) groups excluding carboxylic acids is 3. The molecule has 0 bridgehead atoms. The van der Waals surface area contributed by atoms with Crippen LogP contribution in [0.15, 0.2) is 48.6 Å². The Kier molecular flexibility index (Phi) is 22.7. The van der Waals surface area contributed by atoms with Crippen LogP contribution in [0.1, 0.15) is 79.7 Å². The maximum atomic E-state index is 15.2. The van der Waals surface area contributed by atoms with Gasteiger partial charge in [0.15, 0.2) is 8.32 Å². The van der Waals surface area contributed by atoms with Gasteiger partial charge in [-0.1, -0.05) is 39.8 Å². The molecule has 2 rings (SSSR count). The predicted molar refractivity (Wildman–Crippen MR) is 231 cm³/mol. The van der Waals surface area contributed by atoms with E-state index >= 15 is 8.78 Å². The fourth-order valence-electron chi connectivity index (χ4n) is 7.57. The van der Waals surface area contributed by atoms with Crippen LogP contribution in [0.3, 0.4) is 0 Å². The highest BCUT2D eigenvalue weighted by Gasteiger charge is 2.92. The first kappa shape index (κ1) is 73.3. The van der Waals surface area contributed by atoms with Gasteiger partial charge in [0.1, 0.15) is 36.3 Å². The van der Waals surface area contributed by atoms with Gasteiger partial charge in [-0.05, 0) is 74.2 Å². The molecule has 1 aromatic rings. The molecule has 36 heteroatoms. The van der Waals surface area contributed by atoms with Crippen molar-refractivity contribution in [3.05, 3.63) is 54.1 Å². The first-order valence-electron chi connectivity index (χ1n) is 23.5. The van der Waals surface area contributed by atoms with Crippen LogP contribution in [-0.4, -0.2) is 135 Å². The van der Waals surface area contributed by atoms with Crippen LogP contribution in [-0.2, 0) is 44.4 Å². The van der Waals surface area contributed by atoms with Crippen LogP contribution in [0.4, 0.5) is 114 Å². The van der Waals surface area contributed by atoms with Crippen molar-refractivity contribution in [2.24, 2.45) is 0 Å². The highest BCUT2D eigenvalue weighted by atomic mass is 28.4. The molecule has 0 saturated heterocycles. The van der Waals surface area contributed by atoms with Crippen LogP contribution in [0.25, 0.3) is 0 Å². The largest absolute Gasteiger partial charge is 0.494 e. The molecule has 0 unspecified atom stereocenters. The molecule has 0 amide bonds. The minimum atomic E-state index is -8.15. The van der Waals surface area contributed by atoms with E-state index in [1.165, 1.54) is 41.5 Å². The Labute approximate surface area is 449 Å². The Morgan fingerprint density at radius 1 is 0.512 bits per heavy atom. The SMILES string of the molecule is CC(C)[Si](CCC(F)(F)C(F)(F)C(F)(F)C(F)(F)C(F)(F)C(F)(F)F)(O[C@H]1C=CC(=O)O[C@@H](C)CC(=O)O[C@H](C)[C@@H](OCc2ccc(OCCCC(F)(F)C(F)(F)C(F)(F)C(F)(F)C(F)(F)C(F)(F)F)cc2)C=CC(=O)O[C@@H]1C)C(C)C. The minimum Gasteiger partial charge on any atom is -0.494 e. The zero-order valence-corrected chi connectivity index (χ0v) is 44.1. The standard InChI is InChI=1S/C46H50F26O9Si/c1-23(2)82(24(3)4,20-18-36(49,50)38(53,54)40(57,58)42(61,62)44(65,66)46(70,71)72)81-31-14-16-32(73)78-25(5)21-34(75)80-26(6)30(13-15-33(74)79-27(31)7)77-22-28-9-11-29(12-10-28)76-19-8-17-35(47,48)37(51,52)39(55,56)41(59,60)43(63,64)45(67,68)69/h9-16,23-27,30-31H,8,17-22H2,1-7H3/t25-,26+,27+,30-,31-/m0/s1. The van der Waals surface area contributed by atoms with Crippen molar-refractivity contribution in [2.45, 2.75) is 200 Å². The summed E-state index contributed by atoms with van der Waals surface area (Å²) < 4.78 is 389. The second-order valence-electron chi connectivity index (χ2n) is 19.2. The summed E-state index contributed by atoms with van der Waals surface area (Å²) in [4.78, 5) is 39.0. The lowest BCUT2D eigenvalue weighted by atomic mass is 9.92. The molecular formula is C46H50F26O9Si. The number of rotatable bonds is 23. The third kappa shape index (κ3) is 15.0. The van der Waals surface area contributed by atoms with Crippen LogP contribution in [0, 0.1) is 0 Å². The quantitative estimate of drug-likeness (QED) is 0.0348. The van der Waals surface area contributed by atoms with E-state index in [0.29, 0.717) is 12.2 Å². The molecule has 0 saturated carbocycles. The summed E-state index contributed by atoms with van der Waals surface area (Å²) in [6.07, 6.45) is -27.3. The summed E-state index contributed by atoms with van der Waals surface area (Å²) in [6, 6.07) is 2.86. The number of esters is 3. The molecule has 9 nitrogen and oxygen atoms in total. The van der Waals surface area contributed by atoms with Gasteiger partial charge in [-0.3, -0.25) is 4.79 Å². The van der Waals surface area contributed by atoms with Crippen molar-refractivity contribution in [2.75, 3.05) is 6.61 Å². The Hall–Kier alpha value is -4.77. The number of alkyl halides is 26. The van der Waals surface area contributed by atoms with E-state index in [2.05, 4.69) is 0 Å². The van der Waals surface area contributed by atoms with E-state index in [0.717, 1.165) is 43.3 Å². The smallest absolute Gasteiger partial charge is 0.460 e. The van der Waals surface area contributed by atoms with Crippen molar-refractivity contribution in [1.29, 1.82) is 0 Å². The molecule has 0 spiro atoms. The van der Waals surface area contributed by atoms with Gasteiger partial charge in [0.05, 0.1) is 19.6 Å². The van der Waals surface area contributed by atoms with E-state index in [1.54, 1.807) is 0 Å². The third-order valence-corrected chi connectivity index (χ3v) is 18.2. The number of ether oxygens (including phenoxy) is 5. The maximum Gasteiger partial charge on any atom is 0.460 e. The van der Waals surface area contributed by atoms with Gasteiger partial charge >= 0.3 is 89.5 Å². The van der Waals surface area contributed by atoms with Crippen molar-refractivity contribution in [1.82, 2.24) is 0 Å². The van der Waals surface area contributed by atoms with Crippen molar-refractivity contribution < 1.29 is 157 Å². The number of hydrogen-bond acceptors (Lipinski definition) is 9. The number of cyclic esters (lactones) is 3. The third-order valence-electron chi connectivity index (χ3n) is 12.6. The van der Waals surface area contributed by atoms with Crippen molar-refractivity contribution >= 4 is 26.2 Å². The molecule has 1 aliphatic heterocycles. The second-order valence-corrected chi connectivity index (χ2v) is 24.2. The fourth-order valence-corrected chi connectivity index (χ4v) is 12.2. The molecular weight excluding hydrogens is 1220 g/mol. The number of benzene rings is 1. The summed E-state index contributed by atoms with van der Waals surface area (Å²) in [5.41, 5.74) is -2.10. The lowest BCUT2D eigenvalue weighted by Gasteiger charge is -2.44. The van der Waals surface area contributed by atoms with Gasteiger partial charge in [0, 0.05) is 25.0 Å². The van der Waals surface area contributed by atoms with Gasteiger partial charge in [0.2, 0.25) is 0 Å². The highest BCUT2D eigenvalue weighted by Crippen LogP contribution is 2.63. The summed E-state index contributed by atoms with van der Waals surface area (Å²) in [7, 11) is -4.46. The Morgan fingerprint density at radius 3 is 1.33 bits per heavy atom. The lowest BCUT2D eigenvalue weighted by Crippen LogP contribution is -2.70. The van der Waals surface area contributed by atoms with Gasteiger partial charge in [-0.2, -0.15) is 114 Å². The molecule has 82 heavy (non-hydrogen) atoms. The second kappa shape index (κ2) is 25.4. The summed E-state index contributed by atoms with van der Waals surface area (Å²) in [5.74, 6) is -80.1. The molecule has 0 aliphatic carbocycles. The Balaban J connectivity index is 2.39. The lowest BCUT2D eigenvalue weighted by molar-refractivity contribution is -0.440. The average molecular weight is 1270 g/mol. The van der Waals surface area contributed by atoms with E-state index in [4.69, 9.17) is 28.1 Å². The molecule has 0 fully saturated rings. The molecule has 0 N–H and O–H groups in total. The number of hydrogen-bond donors (Lipinski definition) is 0. The van der Waals surface area contributed by atoms with E-state index in [1.807, 2.05) is 0 Å². The summed E-state index contributed by atoms with van der Waals surface area (Å²) in [6.45, 7) is 6.61. The highest BCUT2D eigenvalue weighted by molar-refractivity contribution is 6.76. The minimum absolute atomic E-state index is 0.138. The first-order chi connectivity index (χ1) is 36.6. The van der Waals surface area contributed by atoms with Gasteiger partial charge in [-0.15, -0.1) is 0 Å². The molecule has 5 atom stereocenters. The van der Waals surface area contributed by atoms with E-state index in [9.17, 15) is 120 Å². The summed E-state index contributed by atoms with van der Waals surface area (Å²) >= 11 is 0. The summed E-state index contributed by atoms with van der Waals surface area (Å²) in [5, 5.41) is 0. The van der Waals surface area contributed by atoms with Crippen molar-refractivity contribution in [3.63, 3.8) is 0 Å². The maximum absolute atomic E-state index is 15.2. The Bertz CT molecular complexity index is 2360. The number of halogens is 26. The molecule has 1 aliphatic rings. The number of carbonyl (C=O) groups is 3. The van der Waals surface area contributed by atoms with Gasteiger partial charge < -0.3 is 28.1 Å². The molecule has 1 heterocycles. The van der Waals surface area contributed by atoms with E-state index < -0.39 is 184 Å². The van der Waals surface area contributed by atoms with Crippen LogP contribution >= 0.6 is 0 Å². The monoisotopic (exact) mass is 1270 g/mol. The molecule has 474 valence electrons. The molecule has 0 aromatic heterocycles. The first-order valence-corrected chi connectivity index (χ1v) is 25.8. The zero-order chi connectivity index (χ0) is 64.3. The topological polar surface area (TPSA) is 107 Å². The van der Waals surface area contributed by atoms with Crippen LogP contribution in [0.5, 0.6) is 5.75 Å². The van der Waals surface area contributed by atoms with Gasteiger partial charge in [0.25, 0.3) is 0 Å². The van der Waals surface area contributed by atoms with E-state index in [-0.39, 0.29) is 11.3 Å².